The van der Waals surface area contributed by atoms with Gasteiger partial charge in [0.15, 0.2) is 0 Å². The molecule has 0 bridgehead atoms. The summed E-state index contributed by atoms with van der Waals surface area (Å²) in [6, 6.07) is -1.74. The fourth-order valence-corrected chi connectivity index (χ4v) is 2.45. The van der Waals surface area contributed by atoms with Crippen molar-refractivity contribution in [2.75, 3.05) is 5.32 Å². The van der Waals surface area contributed by atoms with Crippen LogP contribution in [0.2, 0.25) is 0 Å². The summed E-state index contributed by atoms with van der Waals surface area (Å²) >= 11 is 0. The van der Waals surface area contributed by atoms with Crippen LogP contribution in [0.3, 0.4) is 0 Å². The number of rotatable bonds is 3. The largest absolute Gasteiger partial charge is 0.408 e. The number of anilines is 1. The Morgan fingerprint density at radius 3 is 2.84 bits per heavy atom. The van der Waals surface area contributed by atoms with Crippen molar-refractivity contribution in [3.63, 3.8) is 0 Å². The summed E-state index contributed by atoms with van der Waals surface area (Å²) in [6.07, 6.45) is 5.78. The molecule has 25 heavy (non-hydrogen) atoms. The van der Waals surface area contributed by atoms with Crippen LogP contribution in [0.5, 0.6) is 0 Å². The summed E-state index contributed by atoms with van der Waals surface area (Å²) < 4.78 is 39.7. The van der Waals surface area contributed by atoms with Gasteiger partial charge in [-0.25, -0.2) is 15.0 Å². The van der Waals surface area contributed by atoms with Crippen molar-refractivity contribution in [2.24, 2.45) is 0 Å². The molecule has 0 saturated heterocycles. The van der Waals surface area contributed by atoms with Gasteiger partial charge < -0.3 is 10.3 Å². The zero-order valence-corrected chi connectivity index (χ0v) is 12.9. The van der Waals surface area contributed by atoms with Crippen LogP contribution in [-0.4, -0.2) is 41.5 Å². The highest BCUT2D eigenvalue weighted by Crippen LogP contribution is 2.28. The molecule has 0 amide bonds. The monoisotopic (exact) mass is 347 g/mol. The van der Waals surface area contributed by atoms with Crippen molar-refractivity contribution in [2.45, 2.75) is 19.1 Å². The summed E-state index contributed by atoms with van der Waals surface area (Å²) in [4.78, 5) is 19.4. The highest BCUT2D eigenvalue weighted by atomic mass is 19.4. The van der Waals surface area contributed by atoms with E-state index in [9.17, 15) is 13.2 Å². The van der Waals surface area contributed by atoms with Crippen molar-refractivity contribution in [1.29, 1.82) is 0 Å². The minimum Gasteiger partial charge on any atom is -0.345 e. The summed E-state index contributed by atoms with van der Waals surface area (Å²) in [5.74, 6) is 0.487. The predicted molar refractivity (Wildman–Crippen MR) is 85.0 cm³/mol. The van der Waals surface area contributed by atoms with E-state index < -0.39 is 12.2 Å². The van der Waals surface area contributed by atoms with Crippen LogP contribution >= 0.6 is 0 Å². The standard InChI is InChI=1S/C15H12F3N7/c1-8(15(16,17)18)23-13-21-6-11-10(5-20-12(11)24-13)9-4-22-14-19-2-3-25(14)7-9/h2-8H,1H3,(H2,20,21,23,24)/t8-/m0/s1. The number of halogens is 3. The first-order valence-electron chi connectivity index (χ1n) is 7.38. The summed E-state index contributed by atoms with van der Waals surface area (Å²) in [5.41, 5.74) is 2.05. The Morgan fingerprint density at radius 2 is 2.04 bits per heavy atom. The molecule has 2 N–H and O–H groups in total. The Balaban J connectivity index is 1.70. The molecule has 128 valence electrons. The van der Waals surface area contributed by atoms with Crippen molar-refractivity contribution in [1.82, 2.24) is 29.3 Å². The highest BCUT2D eigenvalue weighted by molar-refractivity contribution is 5.93. The Kier molecular flexibility index (Phi) is 3.34. The van der Waals surface area contributed by atoms with E-state index in [0.29, 0.717) is 16.8 Å². The zero-order chi connectivity index (χ0) is 17.6. The third-order valence-electron chi connectivity index (χ3n) is 3.83. The molecule has 0 aliphatic carbocycles. The first-order chi connectivity index (χ1) is 11.9. The maximum Gasteiger partial charge on any atom is 0.408 e. The van der Waals surface area contributed by atoms with Gasteiger partial charge in [0.1, 0.15) is 11.7 Å². The second kappa shape index (κ2) is 5.43. The van der Waals surface area contributed by atoms with Gasteiger partial charge >= 0.3 is 6.18 Å². The molecular weight excluding hydrogens is 335 g/mol. The molecule has 0 spiro atoms. The normalized spacial score (nSPS) is 13.4. The van der Waals surface area contributed by atoms with Crippen molar-refractivity contribution in [3.05, 3.63) is 37.2 Å². The number of alkyl halides is 3. The van der Waals surface area contributed by atoms with E-state index in [-0.39, 0.29) is 5.95 Å². The van der Waals surface area contributed by atoms with Crippen LogP contribution in [0.1, 0.15) is 6.92 Å². The van der Waals surface area contributed by atoms with E-state index in [1.165, 1.54) is 6.20 Å². The van der Waals surface area contributed by atoms with Gasteiger partial charge in [0, 0.05) is 53.7 Å². The van der Waals surface area contributed by atoms with Gasteiger partial charge in [-0.05, 0) is 6.92 Å². The lowest BCUT2D eigenvalue weighted by atomic mass is 10.1. The maximum absolute atomic E-state index is 12.6. The molecular formula is C15H12F3N7. The molecule has 0 aromatic carbocycles. The molecule has 0 aliphatic heterocycles. The minimum absolute atomic E-state index is 0.0890. The summed E-state index contributed by atoms with van der Waals surface area (Å²) in [5, 5.41) is 2.94. The van der Waals surface area contributed by atoms with E-state index in [4.69, 9.17) is 0 Å². The molecule has 7 nitrogen and oxygen atoms in total. The number of H-pyrrole nitrogens is 1. The van der Waals surface area contributed by atoms with E-state index in [1.807, 2.05) is 6.20 Å². The summed E-state index contributed by atoms with van der Waals surface area (Å²) in [6.45, 7) is 1.01. The molecule has 0 saturated carbocycles. The lowest BCUT2D eigenvalue weighted by Crippen LogP contribution is -2.33. The molecule has 0 aliphatic rings. The van der Waals surface area contributed by atoms with Gasteiger partial charge in [-0.15, -0.1) is 0 Å². The fraction of sp³-hybridized carbons (Fsp3) is 0.200. The molecule has 0 radical (unpaired) electrons. The lowest BCUT2D eigenvalue weighted by Gasteiger charge is -2.16. The Labute approximate surface area is 139 Å². The van der Waals surface area contributed by atoms with Gasteiger partial charge in [0.05, 0.1) is 0 Å². The number of aromatic nitrogens is 6. The molecule has 10 heteroatoms. The van der Waals surface area contributed by atoms with Crippen LogP contribution in [-0.2, 0) is 0 Å². The highest BCUT2D eigenvalue weighted by Gasteiger charge is 2.36. The first kappa shape index (κ1) is 15.4. The number of imidazole rings is 1. The van der Waals surface area contributed by atoms with E-state index in [0.717, 1.165) is 18.1 Å². The van der Waals surface area contributed by atoms with Gasteiger partial charge in [-0.3, -0.25) is 4.40 Å². The lowest BCUT2D eigenvalue weighted by molar-refractivity contribution is -0.138. The van der Waals surface area contributed by atoms with Crippen LogP contribution < -0.4 is 5.32 Å². The number of hydrogen-bond donors (Lipinski definition) is 2. The second-order valence-corrected chi connectivity index (χ2v) is 5.54. The molecule has 0 fully saturated rings. The predicted octanol–water partition coefficient (Wildman–Crippen LogP) is 3.03. The SMILES string of the molecule is C[C@H](Nc1ncc2c(-c3cnc4nccn4c3)c[nH]c2n1)C(F)(F)F. The van der Waals surface area contributed by atoms with Gasteiger partial charge in [0.2, 0.25) is 11.7 Å². The number of nitrogens with zero attached hydrogens (tertiary/aromatic N) is 5. The smallest absolute Gasteiger partial charge is 0.345 e. The molecule has 4 heterocycles. The topological polar surface area (TPSA) is 83.8 Å². The van der Waals surface area contributed by atoms with E-state index in [1.54, 1.807) is 29.2 Å². The minimum atomic E-state index is -4.37. The first-order valence-corrected chi connectivity index (χ1v) is 7.38. The van der Waals surface area contributed by atoms with Crippen molar-refractivity contribution in [3.8, 4) is 11.1 Å². The maximum atomic E-state index is 12.6. The third kappa shape index (κ3) is 2.75. The van der Waals surface area contributed by atoms with E-state index >= 15 is 0 Å². The molecule has 4 aromatic rings. The fourth-order valence-electron chi connectivity index (χ4n) is 2.45. The second-order valence-electron chi connectivity index (χ2n) is 5.54. The Bertz CT molecular complexity index is 1050. The van der Waals surface area contributed by atoms with Crippen LogP contribution in [0.15, 0.2) is 37.2 Å². The third-order valence-corrected chi connectivity index (χ3v) is 3.83. The van der Waals surface area contributed by atoms with Crippen molar-refractivity contribution >= 4 is 22.8 Å². The summed E-state index contributed by atoms with van der Waals surface area (Å²) in [7, 11) is 0. The molecule has 4 aromatic heterocycles. The molecule has 4 rings (SSSR count). The Morgan fingerprint density at radius 1 is 1.20 bits per heavy atom. The van der Waals surface area contributed by atoms with Crippen LogP contribution in [0, 0.1) is 0 Å². The quantitative estimate of drug-likeness (QED) is 0.595. The van der Waals surface area contributed by atoms with Crippen LogP contribution in [0.4, 0.5) is 19.1 Å². The number of hydrogen-bond acceptors (Lipinski definition) is 5. The zero-order valence-electron chi connectivity index (χ0n) is 12.9. The number of fused-ring (bicyclic) bond motifs is 2. The molecule has 1 atom stereocenters. The average molecular weight is 347 g/mol. The Hall–Kier alpha value is -3.17. The average Bonchev–Trinajstić information content (AvgIpc) is 3.19. The molecule has 0 unspecified atom stereocenters. The number of nitrogens with one attached hydrogen (secondary N) is 2. The van der Waals surface area contributed by atoms with Crippen LogP contribution in [0.25, 0.3) is 27.9 Å². The van der Waals surface area contributed by atoms with Gasteiger partial charge in [-0.1, -0.05) is 0 Å². The van der Waals surface area contributed by atoms with Gasteiger partial charge in [0.25, 0.3) is 0 Å². The van der Waals surface area contributed by atoms with Crippen molar-refractivity contribution < 1.29 is 13.2 Å². The number of aromatic amines is 1. The van der Waals surface area contributed by atoms with E-state index in [2.05, 4.69) is 30.2 Å². The van der Waals surface area contributed by atoms with Gasteiger partial charge in [-0.2, -0.15) is 18.2 Å².